The third-order valence-corrected chi connectivity index (χ3v) is 3.43. The molecule has 0 radical (unpaired) electrons. The molecule has 0 aliphatic carbocycles. The smallest absolute Gasteiger partial charge is 0.137 e. The van der Waals surface area contributed by atoms with Crippen LogP contribution in [-0.4, -0.2) is 55.9 Å². The fourth-order valence-electron chi connectivity index (χ4n) is 2.25. The molecule has 1 saturated heterocycles. The molecule has 1 aromatic heterocycles. The molecule has 5 heteroatoms. The van der Waals surface area contributed by atoms with E-state index >= 15 is 0 Å². The molecule has 1 fully saturated rings. The number of pyridine rings is 1. The summed E-state index contributed by atoms with van der Waals surface area (Å²) in [5.74, 6) is 1.46. The lowest BCUT2D eigenvalue weighted by atomic mass is 10.2. The van der Waals surface area contributed by atoms with Gasteiger partial charge in [0.2, 0.25) is 0 Å². The Hall–Kier alpha value is -1.17. The van der Waals surface area contributed by atoms with Gasteiger partial charge in [-0.25, -0.2) is 0 Å². The van der Waals surface area contributed by atoms with Gasteiger partial charge in [0.15, 0.2) is 0 Å². The van der Waals surface area contributed by atoms with Crippen molar-refractivity contribution in [3.63, 3.8) is 0 Å². The van der Waals surface area contributed by atoms with Gasteiger partial charge in [0.25, 0.3) is 0 Å². The molecule has 1 N–H and O–H groups in total. The number of nitrogens with one attached hydrogen (secondary N) is 1. The topological polar surface area (TPSA) is 46.6 Å². The number of hydrogen-bond acceptors (Lipinski definition) is 5. The van der Waals surface area contributed by atoms with Crippen LogP contribution in [0.4, 0.5) is 0 Å². The molecular formula is C16H27N3O2. The summed E-state index contributed by atoms with van der Waals surface area (Å²) in [6.45, 7) is 9.48. The van der Waals surface area contributed by atoms with Gasteiger partial charge in [0.05, 0.1) is 18.5 Å². The Morgan fingerprint density at radius 1 is 1.48 bits per heavy atom. The van der Waals surface area contributed by atoms with E-state index in [2.05, 4.69) is 36.1 Å². The number of morpholine rings is 1. The fourth-order valence-corrected chi connectivity index (χ4v) is 2.25. The van der Waals surface area contributed by atoms with Gasteiger partial charge < -0.3 is 19.7 Å². The first-order chi connectivity index (χ1) is 10.1. The largest absolute Gasteiger partial charge is 0.489 e. The number of aromatic nitrogens is 1. The lowest BCUT2D eigenvalue weighted by Gasteiger charge is -2.29. The second-order valence-electron chi connectivity index (χ2n) is 6.08. The maximum atomic E-state index is 5.76. The molecule has 0 saturated carbocycles. The first kappa shape index (κ1) is 16.2. The SMILES string of the molecule is CC(C)CNCc1ccc(OCC2CN(C)CCO2)cn1. The van der Waals surface area contributed by atoms with E-state index in [0.29, 0.717) is 12.5 Å². The molecule has 1 aliphatic rings. The van der Waals surface area contributed by atoms with Crippen LogP contribution in [-0.2, 0) is 11.3 Å². The molecule has 0 bridgehead atoms. The Morgan fingerprint density at radius 3 is 3.00 bits per heavy atom. The first-order valence-electron chi connectivity index (χ1n) is 7.72. The molecule has 2 rings (SSSR count). The predicted octanol–water partition coefficient (Wildman–Crippen LogP) is 1.54. The van der Waals surface area contributed by atoms with Gasteiger partial charge in [-0.1, -0.05) is 13.8 Å². The van der Waals surface area contributed by atoms with Crippen LogP contribution in [0.25, 0.3) is 0 Å². The molecule has 2 heterocycles. The van der Waals surface area contributed by atoms with Crippen LogP contribution in [0.2, 0.25) is 0 Å². The first-order valence-corrected chi connectivity index (χ1v) is 7.72. The highest BCUT2D eigenvalue weighted by Gasteiger charge is 2.18. The van der Waals surface area contributed by atoms with Crippen molar-refractivity contribution in [3.05, 3.63) is 24.0 Å². The number of likely N-dealkylation sites (N-methyl/N-ethyl adjacent to an activating group) is 1. The molecule has 0 aromatic carbocycles. The summed E-state index contributed by atoms with van der Waals surface area (Å²) >= 11 is 0. The third kappa shape index (κ3) is 5.99. The summed E-state index contributed by atoms with van der Waals surface area (Å²) in [7, 11) is 2.11. The molecule has 1 aliphatic heterocycles. The number of hydrogen-bond donors (Lipinski definition) is 1. The lowest BCUT2D eigenvalue weighted by molar-refractivity contribution is -0.0404. The Kier molecular flexibility index (Phi) is 6.42. The maximum Gasteiger partial charge on any atom is 0.137 e. The van der Waals surface area contributed by atoms with Crippen molar-refractivity contribution in [2.45, 2.75) is 26.5 Å². The van der Waals surface area contributed by atoms with E-state index in [1.54, 1.807) is 6.20 Å². The average Bonchev–Trinajstić information content (AvgIpc) is 2.46. The average molecular weight is 293 g/mol. The number of nitrogens with zero attached hydrogens (tertiary/aromatic N) is 2. The van der Waals surface area contributed by atoms with Gasteiger partial charge >= 0.3 is 0 Å². The zero-order valence-electron chi connectivity index (χ0n) is 13.3. The lowest BCUT2D eigenvalue weighted by Crippen LogP contribution is -2.42. The Morgan fingerprint density at radius 2 is 2.33 bits per heavy atom. The molecular weight excluding hydrogens is 266 g/mol. The van der Waals surface area contributed by atoms with E-state index in [-0.39, 0.29) is 6.10 Å². The highest BCUT2D eigenvalue weighted by Crippen LogP contribution is 2.11. The molecule has 1 unspecified atom stereocenters. The molecule has 0 amide bonds. The minimum Gasteiger partial charge on any atom is -0.489 e. The van der Waals surface area contributed by atoms with Crippen LogP contribution in [0.5, 0.6) is 5.75 Å². The van der Waals surface area contributed by atoms with E-state index in [1.165, 1.54) is 0 Å². The van der Waals surface area contributed by atoms with Gasteiger partial charge in [-0.15, -0.1) is 0 Å². The Labute approximate surface area is 127 Å². The third-order valence-electron chi connectivity index (χ3n) is 3.43. The van der Waals surface area contributed by atoms with Crippen LogP contribution in [0.15, 0.2) is 18.3 Å². The molecule has 5 nitrogen and oxygen atoms in total. The van der Waals surface area contributed by atoms with Crippen molar-refractivity contribution in [2.75, 3.05) is 39.9 Å². The quantitative estimate of drug-likeness (QED) is 0.826. The van der Waals surface area contributed by atoms with Crippen molar-refractivity contribution in [1.29, 1.82) is 0 Å². The summed E-state index contributed by atoms with van der Waals surface area (Å²) in [6, 6.07) is 3.99. The van der Waals surface area contributed by atoms with Crippen LogP contribution >= 0.6 is 0 Å². The van der Waals surface area contributed by atoms with Crippen LogP contribution in [0.1, 0.15) is 19.5 Å². The maximum absolute atomic E-state index is 5.76. The van der Waals surface area contributed by atoms with E-state index in [1.807, 2.05) is 12.1 Å². The standard InChI is InChI=1S/C16H27N3O2/c1-13(2)8-17-9-14-4-5-15(10-18-14)21-12-16-11-19(3)6-7-20-16/h4-5,10,13,16-17H,6-9,11-12H2,1-3H3. The van der Waals surface area contributed by atoms with Crippen molar-refractivity contribution in [3.8, 4) is 5.75 Å². The summed E-state index contributed by atoms with van der Waals surface area (Å²) in [6.07, 6.45) is 1.94. The predicted molar refractivity (Wildman–Crippen MR) is 83.5 cm³/mol. The second kappa shape index (κ2) is 8.32. The zero-order chi connectivity index (χ0) is 15.1. The normalized spacial score (nSPS) is 19.9. The minimum atomic E-state index is 0.149. The monoisotopic (exact) mass is 293 g/mol. The van der Waals surface area contributed by atoms with Gasteiger partial charge in [0, 0.05) is 19.6 Å². The van der Waals surface area contributed by atoms with Crippen molar-refractivity contribution in [2.24, 2.45) is 5.92 Å². The van der Waals surface area contributed by atoms with E-state index in [0.717, 1.165) is 44.2 Å². The summed E-state index contributed by atoms with van der Waals surface area (Å²) < 4.78 is 11.4. The summed E-state index contributed by atoms with van der Waals surface area (Å²) in [5.41, 5.74) is 1.04. The van der Waals surface area contributed by atoms with E-state index in [4.69, 9.17) is 9.47 Å². The molecule has 1 aromatic rings. The van der Waals surface area contributed by atoms with Gasteiger partial charge in [0.1, 0.15) is 18.5 Å². The van der Waals surface area contributed by atoms with Crippen LogP contribution in [0.3, 0.4) is 0 Å². The van der Waals surface area contributed by atoms with Gasteiger partial charge in [-0.2, -0.15) is 0 Å². The van der Waals surface area contributed by atoms with E-state index in [9.17, 15) is 0 Å². The summed E-state index contributed by atoms with van der Waals surface area (Å²) in [5, 5.41) is 3.38. The molecule has 21 heavy (non-hydrogen) atoms. The van der Waals surface area contributed by atoms with Crippen molar-refractivity contribution < 1.29 is 9.47 Å². The molecule has 0 spiro atoms. The highest BCUT2D eigenvalue weighted by molar-refractivity contribution is 5.19. The second-order valence-corrected chi connectivity index (χ2v) is 6.08. The molecule has 118 valence electrons. The number of ether oxygens (including phenoxy) is 2. The van der Waals surface area contributed by atoms with Gasteiger partial charge in [-0.3, -0.25) is 4.98 Å². The molecule has 1 atom stereocenters. The minimum absolute atomic E-state index is 0.149. The van der Waals surface area contributed by atoms with Crippen LogP contribution in [0, 0.1) is 5.92 Å². The Bertz CT molecular complexity index is 408. The van der Waals surface area contributed by atoms with Crippen LogP contribution < -0.4 is 10.1 Å². The van der Waals surface area contributed by atoms with E-state index < -0.39 is 0 Å². The Balaban J connectivity index is 1.71. The van der Waals surface area contributed by atoms with Gasteiger partial charge in [-0.05, 0) is 31.6 Å². The van der Waals surface area contributed by atoms with Crippen molar-refractivity contribution >= 4 is 0 Å². The zero-order valence-corrected chi connectivity index (χ0v) is 13.3. The fraction of sp³-hybridized carbons (Fsp3) is 0.688. The van der Waals surface area contributed by atoms with Crippen molar-refractivity contribution in [1.82, 2.24) is 15.2 Å². The summed E-state index contributed by atoms with van der Waals surface area (Å²) in [4.78, 5) is 6.68. The number of rotatable bonds is 7. The highest BCUT2D eigenvalue weighted by atomic mass is 16.5.